The summed E-state index contributed by atoms with van der Waals surface area (Å²) in [5.41, 5.74) is 0.485. The van der Waals surface area contributed by atoms with Gasteiger partial charge in [0.2, 0.25) is 0 Å². The molecule has 0 amide bonds. The van der Waals surface area contributed by atoms with Gasteiger partial charge in [-0.15, -0.1) is 0 Å². The Labute approximate surface area is 123 Å². The van der Waals surface area contributed by atoms with E-state index in [9.17, 15) is 23.1 Å². The number of alkyl halides is 3. The lowest BCUT2D eigenvalue weighted by Gasteiger charge is -2.16. The first-order chi connectivity index (χ1) is 10.2. The van der Waals surface area contributed by atoms with Gasteiger partial charge in [0.25, 0.3) is 0 Å². The van der Waals surface area contributed by atoms with Crippen LogP contribution in [-0.2, 0) is 0 Å². The summed E-state index contributed by atoms with van der Waals surface area (Å²) in [5, 5.41) is 18.4. The molecule has 0 fully saturated rings. The highest BCUT2D eigenvalue weighted by Crippen LogP contribution is 2.34. The maximum Gasteiger partial charge on any atom is 0.418 e. The molecule has 0 aliphatic rings. The number of aryl methyl sites for hydroxylation is 1. The van der Waals surface area contributed by atoms with E-state index < -0.39 is 23.8 Å². The quantitative estimate of drug-likeness (QED) is 0.912. The number of carboxylic acids is 1. The summed E-state index contributed by atoms with van der Waals surface area (Å²) in [5.74, 6) is -1.38. The summed E-state index contributed by atoms with van der Waals surface area (Å²) in [7, 11) is 0. The van der Waals surface area contributed by atoms with Gasteiger partial charge in [-0.25, -0.2) is 4.79 Å². The maximum atomic E-state index is 12.6. The lowest BCUT2D eigenvalue weighted by Crippen LogP contribution is -2.20. The molecule has 116 valence electrons. The predicted molar refractivity (Wildman–Crippen MR) is 72.4 cm³/mol. The molecular formula is C15H12F3NO3. The van der Waals surface area contributed by atoms with E-state index in [0.717, 1.165) is 17.7 Å². The molecule has 1 heterocycles. The van der Waals surface area contributed by atoms with Gasteiger partial charge in [0, 0.05) is 11.8 Å². The average molecular weight is 311 g/mol. The van der Waals surface area contributed by atoms with Crippen molar-refractivity contribution in [1.82, 2.24) is 4.98 Å². The van der Waals surface area contributed by atoms with Gasteiger partial charge in [-0.05, 0) is 42.3 Å². The number of hydrogen-bond acceptors (Lipinski definition) is 3. The van der Waals surface area contributed by atoms with Crippen LogP contribution in [0.3, 0.4) is 0 Å². The van der Waals surface area contributed by atoms with E-state index in [-0.39, 0.29) is 11.1 Å². The van der Waals surface area contributed by atoms with Crippen molar-refractivity contribution in [3.05, 3.63) is 53.2 Å². The van der Waals surface area contributed by atoms with E-state index in [1.54, 1.807) is 19.1 Å². The van der Waals surface area contributed by atoms with Crippen LogP contribution in [-0.4, -0.2) is 27.3 Å². The molecule has 0 unspecified atom stereocenters. The lowest BCUT2D eigenvalue weighted by atomic mass is 9.99. The molecule has 1 atom stereocenters. The van der Waals surface area contributed by atoms with Crippen LogP contribution in [0.4, 0.5) is 13.2 Å². The van der Waals surface area contributed by atoms with E-state index in [0.29, 0.717) is 5.69 Å². The van der Waals surface area contributed by atoms with Gasteiger partial charge in [-0.3, -0.25) is 4.98 Å². The number of benzene rings is 1. The number of hydrogen-bond donors (Lipinski definition) is 2. The topological polar surface area (TPSA) is 70.4 Å². The molecular weight excluding hydrogens is 299 g/mol. The SMILES string of the molecule is Cc1ccc(-c2cc(C(=O)O)cc([C@@H](O)C(F)(F)F)c2)nc1. The maximum absolute atomic E-state index is 12.6. The number of carbonyl (C=O) groups is 1. The summed E-state index contributed by atoms with van der Waals surface area (Å²) >= 11 is 0. The molecule has 0 aliphatic heterocycles. The van der Waals surface area contributed by atoms with Crippen molar-refractivity contribution < 1.29 is 28.2 Å². The zero-order valence-electron chi connectivity index (χ0n) is 11.4. The first kappa shape index (κ1) is 16.0. The van der Waals surface area contributed by atoms with Crippen LogP contribution in [0.1, 0.15) is 27.6 Å². The van der Waals surface area contributed by atoms with Crippen molar-refractivity contribution in [3.8, 4) is 11.3 Å². The first-order valence-corrected chi connectivity index (χ1v) is 6.24. The average Bonchev–Trinajstić information content (AvgIpc) is 2.45. The molecule has 7 heteroatoms. The third-order valence-electron chi connectivity index (χ3n) is 3.04. The third kappa shape index (κ3) is 3.43. The minimum absolute atomic E-state index is 0.193. The Bertz CT molecular complexity index is 696. The number of aromatic carboxylic acids is 1. The lowest BCUT2D eigenvalue weighted by molar-refractivity contribution is -0.206. The van der Waals surface area contributed by atoms with Crippen molar-refractivity contribution >= 4 is 5.97 Å². The Kier molecular flexibility index (Phi) is 4.18. The summed E-state index contributed by atoms with van der Waals surface area (Å²) < 4.78 is 37.9. The second kappa shape index (κ2) is 5.76. The van der Waals surface area contributed by atoms with Crippen molar-refractivity contribution in [2.45, 2.75) is 19.2 Å². The van der Waals surface area contributed by atoms with Crippen molar-refractivity contribution in [2.24, 2.45) is 0 Å². The molecule has 0 saturated carbocycles. The molecule has 1 aromatic heterocycles. The zero-order valence-corrected chi connectivity index (χ0v) is 11.4. The number of carboxylic acid groups (broad SMARTS) is 1. The van der Waals surface area contributed by atoms with E-state index in [2.05, 4.69) is 4.98 Å². The smallest absolute Gasteiger partial charge is 0.418 e. The predicted octanol–water partition coefficient (Wildman–Crippen LogP) is 3.35. The second-order valence-electron chi connectivity index (χ2n) is 4.81. The number of nitrogens with zero attached hydrogens (tertiary/aromatic N) is 1. The zero-order chi connectivity index (χ0) is 16.5. The third-order valence-corrected chi connectivity index (χ3v) is 3.04. The Hall–Kier alpha value is -2.41. The Morgan fingerprint density at radius 3 is 2.41 bits per heavy atom. The van der Waals surface area contributed by atoms with E-state index >= 15 is 0 Å². The number of pyridine rings is 1. The van der Waals surface area contributed by atoms with Gasteiger partial charge in [0.05, 0.1) is 11.3 Å². The Morgan fingerprint density at radius 2 is 1.91 bits per heavy atom. The largest absolute Gasteiger partial charge is 0.478 e. The van der Waals surface area contributed by atoms with Gasteiger partial charge in [-0.1, -0.05) is 6.07 Å². The summed E-state index contributed by atoms with van der Waals surface area (Å²) in [6.45, 7) is 1.79. The van der Waals surface area contributed by atoms with Crippen LogP contribution in [0.2, 0.25) is 0 Å². The fourth-order valence-corrected chi connectivity index (χ4v) is 1.91. The molecule has 0 saturated heterocycles. The summed E-state index contributed by atoms with van der Waals surface area (Å²) in [6, 6.07) is 6.38. The molecule has 0 aliphatic carbocycles. The number of halogens is 3. The van der Waals surface area contributed by atoms with E-state index in [1.807, 2.05) is 0 Å². The normalized spacial score (nSPS) is 13.0. The fraction of sp³-hybridized carbons (Fsp3) is 0.200. The molecule has 2 aromatic rings. The van der Waals surface area contributed by atoms with Crippen LogP contribution in [0, 0.1) is 6.92 Å². The molecule has 0 bridgehead atoms. The molecule has 22 heavy (non-hydrogen) atoms. The van der Waals surface area contributed by atoms with Gasteiger partial charge in [0.1, 0.15) is 0 Å². The van der Waals surface area contributed by atoms with E-state index in [1.165, 1.54) is 12.3 Å². The van der Waals surface area contributed by atoms with Gasteiger partial charge in [0.15, 0.2) is 6.10 Å². The molecule has 0 radical (unpaired) electrons. The summed E-state index contributed by atoms with van der Waals surface area (Å²) in [4.78, 5) is 15.1. The molecule has 1 aromatic carbocycles. The van der Waals surface area contributed by atoms with Crippen LogP contribution < -0.4 is 0 Å². The molecule has 0 spiro atoms. The fourth-order valence-electron chi connectivity index (χ4n) is 1.91. The Morgan fingerprint density at radius 1 is 1.23 bits per heavy atom. The number of aromatic nitrogens is 1. The first-order valence-electron chi connectivity index (χ1n) is 6.24. The van der Waals surface area contributed by atoms with Crippen LogP contribution in [0.15, 0.2) is 36.5 Å². The Balaban J connectivity index is 2.57. The van der Waals surface area contributed by atoms with Crippen molar-refractivity contribution in [2.75, 3.05) is 0 Å². The van der Waals surface area contributed by atoms with Crippen LogP contribution in [0.5, 0.6) is 0 Å². The number of rotatable bonds is 3. The standard InChI is InChI=1S/C15H12F3NO3/c1-8-2-3-12(19-7-8)9-4-10(13(20)15(16,17)18)6-11(5-9)14(21)22/h2-7,13,20H,1H3,(H,21,22)/t13-/m1/s1. The highest BCUT2D eigenvalue weighted by molar-refractivity contribution is 5.89. The van der Waals surface area contributed by atoms with Gasteiger partial charge in [-0.2, -0.15) is 13.2 Å². The highest BCUT2D eigenvalue weighted by Gasteiger charge is 2.39. The minimum Gasteiger partial charge on any atom is -0.478 e. The van der Waals surface area contributed by atoms with Crippen molar-refractivity contribution in [1.29, 1.82) is 0 Å². The van der Waals surface area contributed by atoms with E-state index in [4.69, 9.17) is 5.11 Å². The summed E-state index contributed by atoms with van der Waals surface area (Å²) in [6.07, 6.45) is -6.12. The highest BCUT2D eigenvalue weighted by atomic mass is 19.4. The molecule has 2 N–H and O–H groups in total. The molecule has 4 nitrogen and oxygen atoms in total. The molecule has 2 rings (SSSR count). The van der Waals surface area contributed by atoms with Crippen LogP contribution in [0.25, 0.3) is 11.3 Å². The number of aliphatic hydroxyl groups is 1. The minimum atomic E-state index is -4.88. The monoisotopic (exact) mass is 311 g/mol. The van der Waals surface area contributed by atoms with Crippen LogP contribution >= 0.6 is 0 Å². The number of aliphatic hydroxyl groups excluding tert-OH is 1. The van der Waals surface area contributed by atoms with Gasteiger partial charge < -0.3 is 10.2 Å². The van der Waals surface area contributed by atoms with Crippen molar-refractivity contribution in [3.63, 3.8) is 0 Å². The second-order valence-corrected chi connectivity index (χ2v) is 4.81. The van der Waals surface area contributed by atoms with Gasteiger partial charge >= 0.3 is 12.1 Å².